The molecule has 1 atom stereocenters. The van der Waals surface area contributed by atoms with Crippen LogP contribution in [-0.4, -0.2) is 58.6 Å². The summed E-state index contributed by atoms with van der Waals surface area (Å²) in [6, 6.07) is 16.7. The Labute approximate surface area is 190 Å². The molecule has 0 spiro atoms. The van der Waals surface area contributed by atoms with E-state index >= 15 is 0 Å². The van der Waals surface area contributed by atoms with E-state index in [0.717, 1.165) is 60.3 Å². The molecule has 32 heavy (non-hydrogen) atoms. The summed E-state index contributed by atoms with van der Waals surface area (Å²) >= 11 is 0. The van der Waals surface area contributed by atoms with E-state index < -0.39 is 0 Å². The van der Waals surface area contributed by atoms with Gasteiger partial charge in [0.05, 0.1) is 0 Å². The largest absolute Gasteiger partial charge is 0.361 e. The molecule has 0 radical (unpaired) electrons. The molecule has 1 unspecified atom stereocenters. The van der Waals surface area contributed by atoms with Crippen molar-refractivity contribution in [3.05, 3.63) is 71.4 Å². The maximum atomic E-state index is 13.1. The summed E-state index contributed by atoms with van der Waals surface area (Å²) in [5, 5.41) is 9.85. The number of nitrogens with zero attached hydrogens (tertiary/aromatic N) is 2. The molecule has 5 heteroatoms. The number of fused-ring (bicyclic) bond motifs is 1. The Bertz CT molecular complexity index is 1080. The van der Waals surface area contributed by atoms with Crippen molar-refractivity contribution in [2.45, 2.75) is 45.6 Å². The number of amides is 1. The minimum atomic E-state index is 0.0645. The first-order valence-electron chi connectivity index (χ1n) is 11.7. The number of aromatic amines is 1. The average molecular weight is 431 g/mol. The Kier molecular flexibility index (Phi) is 6.75. The molecule has 1 aliphatic heterocycles. The first-order valence-corrected chi connectivity index (χ1v) is 11.7. The normalized spacial score (nSPS) is 15.9. The third kappa shape index (κ3) is 4.63. The molecule has 0 saturated carbocycles. The fraction of sp³-hybridized carbons (Fsp3) is 0.407. The van der Waals surface area contributed by atoms with Crippen molar-refractivity contribution in [1.29, 1.82) is 5.41 Å². The van der Waals surface area contributed by atoms with Crippen molar-refractivity contribution < 1.29 is 4.79 Å². The summed E-state index contributed by atoms with van der Waals surface area (Å²) in [6.45, 7) is 9.96. The van der Waals surface area contributed by atoms with Gasteiger partial charge in [-0.3, -0.25) is 9.69 Å². The molecule has 5 nitrogen and oxygen atoms in total. The van der Waals surface area contributed by atoms with Gasteiger partial charge in [-0.05, 0) is 43.5 Å². The van der Waals surface area contributed by atoms with E-state index in [-0.39, 0.29) is 11.8 Å². The second-order valence-corrected chi connectivity index (χ2v) is 9.07. The summed E-state index contributed by atoms with van der Waals surface area (Å²) in [6.07, 6.45) is 3.55. The number of carbonyl (C=O) groups is 1. The molecule has 2 aromatic carbocycles. The molecule has 1 fully saturated rings. The van der Waals surface area contributed by atoms with Crippen LogP contribution >= 0.6 is 0 Å². The van der Waals surface area contributed by atoms with Crippen LogP contribution in [0, 0.1) is 5.41 Å². The highest BCUT2D eigenvalue weighted by Gasteiger charge is 2.24. The first-order chi connectivity index (χ1) is 15.5. The molecule has 0 aliphatic carbocycles. The number of piperazine rings is 1. The number of H-pyrrole nitrogens is 1. The molecular weight excluding hydrogens is 396 g/mol. The molecule has 3 aromatic rings. The van der Waals surface area contributed by atoms with Gasteiger partial charge in [-0.25, -0.2) is 0 Å². The summed E-state index contributed by atoms with van der Waals surface area (Å²) in [7, 11) is 0. The van der Waals surface area contributed by atoms with E-state index in [9.17, 15) is 4.79 Å². The Morgan fingerprint density at radius 3 is 2.44 bits per heavy atom. The lowest BCUT2D eigenvalue weighted by atomic mass is 9.88. The zero-order valence-electron chi connectivity index (χ0n) is 19.4. The Balaban J connectivity index is 1.51. The highest BCUT2D eigenvalue weighted by atomic mass is 16.2. The van der Waals surface area contributed by atoms with Crippen LogP contribution in [0.4, 0.5) is 0 Å². The minimum Gasteiger partial charge on any atom is -0.361 e. The number of hydrogen-bond donors (Lipinski definition) is 2. The van der Waals surface area contributed by atoms with Crippen LogP contribution in [0.25, 0.3) is 10.9 Å². The van der Waals surface area contributed by atoms with Gasteiger partial charge >= 0.3 is 0 Å². The van der Waals surface area contributed by atoms with Crippen LogP contribution in [0.1, 0.15) is 54.6 Å². The second kappa shape index (κ2) is 9.70. The number of aromatic nitrogens is 1. The van der Waals surface area contributed by atoms with Gasteiger partial charge in [-0.2, -0.15) is 0 Å². The molecule has 1 amide bonds. The smallest absolute Gasteiger partial charge is 0.254 e. The van der Waals surface area contributed by atoms with Gasteiger partial charge in [0.25, 0.3) is 5.91 Å². The number of nitrogens with one attached hydrogen (secondary N) is 2. The molecule has 0 bridgehead atoms. The second-order valence-electron chi connectivity index (χ2n) is 9.07. The van der Waals surface area contributed by atoms with Crippen molar-refractivity contribution in [3.63, 3.8) is 0 Å². The van der Waals surface area contributed by atoms with E-state index in [4.69, 9.17) is 5.41 Å². The average Bonchev–Trinajstić information content (AvgIpc) is 3.23. The van der Waals surface area contributed by atoms with E-state index in [1.165, 1.54) is 5.56 Å². The van der Waals surface area contributed by atoms with Crippen LogP contribution in [0.3, 0.4) is 0 Å². The van der Waals surface area contributed by atoms with Crippen molar-refractivity contribution in [2.24, 2.45) is 0 Å². The van der Waals surface area contributed by atoms with Gasteiger partial charge in [0.15, 0.2) is 0 Å². The van der Waals surface area contributed by atoms with Gasteiger partial charge in [0, 0.05) is 72.9 Å². The number of carbonyl (C=O) groups excluding carboxylic acids is 1. The predicted molar refractivity (Wildman–Crippen MR) is 132 cm³/mol. The molecule has 4 rings (SSSR count). The van der Waals surface area contributed by atoms with Crippen LogP contribution in [0.5, 0.6) is 0 Å². The Morgan fingerprint density at radius 1 is 1.06 bits per heavy atom. The third-order valence-corrected chi connectivity index (χ3v) is 6.73. The van der Waals surface area contributed by atoms with E-state index in [1.807, 2.05) is 41.4 Å². The molecule has 1 aliphatic rings. The van der Waals surface area contributed by atoms with E-state index in [2.05, 4.69) is 48.9 Å². The third-order valence-electron chi connectivity index (χ3n) is 6.73. The molecule has 2 heterocycles. The van der Waals surface area contributed by atoms with Gasteiger partial charge in [-0.1, -0.05) is 43.3 Å². The minimum absolute atomic E-state index is 0.0645. The zero-order chi connectivity index (χ0) is 22.7. The quantitative estimate of drug-likeness (QED) is 0.513. The van der Waals surface area contributed by atoms with Crippen LogP contribution in [0.2, 0.25) is 0 Å². The monoisotopic (exact) mass is 430 g/mol. The van der Waals surface area contributed by atoms with Crippen molar-refractivity contribution >= 4 is 22.5 Å². The summed E-state index contributed by atoms with van der Waals surface area (Å²) in [5.41, 5.74) is 4.74. The van der Waals surface area contributed by atoms with E-state index in [1.54, 1.807) is 0 Å². The lowest BCUT2D eigenvalue weighted by molar-refractivity contribution is 0.0595. The van der Waals surface area contributed by atoms with Gasteiger partial charge in [-0.15, -0.1) is 0 Å². The lowest BCUT2D eigenvalue weighted by Gasteiger charge is -2.37. The molecule has 1 aromatic heterocycles. The van der Waals surface area contributed by atoms with Crippen molar-refractivity contribution in [1.82, 2.24) is 14.8 Å². The standard InChI is InChI=1S/C27H34N4O/c1-4-22(25(28)16-20-8-6-5-7-9-20)24-18-29-26-17-21(10-11-23(24)26)27(32)31-14-12-30(13-15-31)19(2)3/h5-11,17-19,22,28-29H,4,12-16H2,1-3H3. The Morgan fingerprint density at radius 2 is 1.78 bits per heavy atom. The maximum Gasteiger partial charge on any atom is 0.254 e. The number of rotatable bonds is 7. The van der Waals surface area contributed by atoms with Gasteiger partial charge in [0.2, 0.25) is 0 Å². The van der Waals surface area contributed by atoms with Gasteiger partial charge < -0.3 is 15.3 Å². The van der Waals surface area contributed by atoms with Crippen LogP contribution in [-0.2, 0) is 6.42 Å². The number of benzene rings is 2. The fourth-order valence-electron chi connectivity index (χ4n) is 4.79. The summed E-state index contributed by atoms with van der Waals surface area (Å²) in [4.78, 5) is 20.8. The predicted octanol–water partition coefficient (Wildman–Crippen LogP) is 5.09. The summed E-state index contributed by atoms with van der Waals surface area (Å²) in [5.74, 6) is 0.171. The highest BCUT2D eigenvalue weighted by molar-refractivity contribution is 6.00. The van der Waals surface area contributed by atoms with Crippen LogP contribution in [0.15, 0.2) is 54.7 Å². The maximum absolute atomic E-state index is 13.1. The van der Waals surface area contributed by atoms with Crippen molar-refractivity contribution in [2.75, 3.05) is 26.2 Å². The topological polar surface area (TPSA) is 63.2 Å². The molecular formula is C27H34N4O. The molecule has 2 N–H and O–H groups in total. The number of hydrogen-bond acceptors (Lipinski definition) is 3. The van der Waals surface area contributed by atoms with E-state index in [0.29, 0.717) is 12.5 Å². The van der Waals surface area contributed by atoms with Gasteiger partial charge in [0.1, 0.15) is 0 Å². The highest BCUT2D eigenvalue weighted by Crippen LogP contribution is 2.30. The SMILES string of the molecule is CCC(C(=N)Cc1ccccc1)c1c[nH]c2cc(C(=O)N3CCN(C(C)C)CC3)ccc12. The lowest BCUT2D eigenvalue weighted by Crippen LogP contribution is -2.50. The fourth-order valence-corrected chi connectivity index (χ4v) is 4.79. The molecule has 1 saturated heterocycles. The first kappa shape index (κ1) is 22.3. The van der Waals surface area contributed by atoms with Crippen molar-refractivity contribution in [3.8, 4) is 0 Å². The Hall–Kier alpha value is -2.92. The zero-order valence-corrected chi connectivity index (χ0v) is 19.4. The molecule has 168 valence electrons. The van der Waals surface area contributed by atoms with Crippen LogP contribution < -0.4 is 0 Å². The summed E-state index contributed by atoms with van der Waals surface area (Å²) < 4.78 is 0.